The summed E-state index contributed by atoms with van der Waals surface area (Å²) >= 11 is 0. The second-order valence-corrected chi connectivity index (χ2v) is 4.14. The van der Waals surface area contributed by atoms with Crippen molar-refractivity contribution in [1.82, 2.24) is 14.9 Å². The van der Waals surface area contributed by atoms with Crippen LogP contribution in [-0.4, -0.2) is 21.6 Å². The third-order valence-corrected chi connectivity index (χ3v) is 2.70. The molecule has 1 fully saturated rings. The van der Waals surface area contributed by atoms with Crippen LogP contribution in [0.3, 0.4) is 0 Å². The Kier molecular flexibility index (Phi) is 2.36. The van der Waals surface area contributed by atoms with Gasteiger partial charge in [0, 0.05) is 24.5 Å². The maximum Gasteiger partial charge on any atom is 0.0945 e. The summed E-state index contributed by atoms with van der Waals surface area (Å²) in [5.41, 5.74) is 0.481. The highest BCUT2D eigenvalue weighted by molar-refractivity contribution is 4.97. The molecule has 0 spiro atoms. The van der Waals surface area contributed by atoms with Crippen LogP contribution >= 0.6 is 0 Å². The summed E-state index contributed by atoms with van der Waals surface area (Å²) in [7, 11) is 0. The lowest BCUT2D eigenvalue weighted by atomic mass is 10.3. The fourth-order valence-corrected chi connectivity index (χ4v) is 1.44. The van der Waals surface area contributed by atoms with Crippen LogP contribution in [0, 0.1) is 0 Å². The first-order valence-electron chi connectivity index (χ1n) is 4.99. The number of aryl methyl sites for hydroxylation is 1. The average Bonchev–Trinajstić information content (AvgIpc) is 2.69. The van der Waals surface area contributed by atoms with Gasteiger partial charge in [0.25, 0.3) is 0 Å². The topological polar surface area (TPSA) is 29.9 Å². The highest BCUT2D eigenvalue weighted by Crippen LogP contribution is 2.33. The third-order valence-electron chi connectivity index (χ3n) is 2.70. The van der Waals surface area contributed by atoms with E-state index in [1.165, 1.54) is 19.3 Å². The molecule has 3 heteroatoms. The van der Waals surface area contributed by atoms with Crippen molar-refractivity contribution < 1.29 is 0 Å². The Hall–Kier alpha value is -0.830. The molecule has 0 bridgehead atoms. The number of rotatable bonds is 5. The molecule has 0 aromatic carbocycles. The van der Waals surface area contributed by atoms with Crippen LogP contribution in [0.1, 0.15) is 26.2 Å². The van der Waals surface area contributed by atoms with Gasteiger partial charge >= 0.3 is 0 Å². The molecule has 0 atom stereocenters. The van der Waals surface area contributed by atoms with Crippen LogP contribution < -0.4 is 5.32 Å². The molecule has 72 valence electrons. The van der Waals surface area contributed by atoms with E-state index in [2.05, 4.69) is 21.8 Å². The van der Waals surface area contributed by atoms with E-state index in [-0.39, 0.29) is 0 Å². The number of nitrogens with zero attached hydrogens (tertiary/aromatic N) is 2. The Bertz CT molecular complexity index is 249. The van der Waals surface area contributed by atoms with Crippen molar-refractivity contribution in [3.63, 3.8) is 0 Å². The maximum atomic E-state index is 4.00. The average molecular weight is 179 g/mol. The Balaban J connectivity index is 1.59. The minimum absolute atomic E-state index is 0.481. The van der Waals surface area contributed by atoms with Crippen LogP contribution in [0.15, 0.2) is 18.7 Å². The molecule has 0 unspecified atom stereocenters. The van der Waals surface area contributed by atoms with Crippen LogP contribution in [0.4, 0.5) is 0 Å². The van der Waals surface area contributed by atoms with E-state index in [4.69, 9.17) is 0 Å². The standard InChI is InChI=1S/C10H17N3/c1-10(3-4-10)12-5-2-7-13-8-6-11-9-13/h6,8-9,12H,2-5,7H2,1H3. The lowest BCUT2D eigenvalue weighted by Gasteiger charge is -2.10. The summed E-state index contributed by atoms with van der Waals surface area (Å²) in [4.78, 5) is 4.00. The molecule has 1 heterocycles. The summed E-state index contributed by atoms with van der Waals surface area (Å²) in [5, 5.41) is 3.56. The quantitative estimate of drug-likeness (QED) is 0.693. The van der Waals surface area contributed by atoms with Gasteiger partial charge < -0.3 is 9.88 Å². The van der Waals surface area contributed by atoms with E-state index in [1.807, 2.05) is 18.7 Å². The highest BCUT2D eigenvalue weighted by Gasteiger charge is 2.35. The van der Waals surface area contributed by atoms with Gasteiger partial charge in [0.05, 0.1) is 6.33 Å². The van der Waals surface area contributed by atoms with Gasteiger partial charge in [-0.25, -0.2) is 4.98 Å². The molecule has 0 saturated heterocycles. The van der Waals surface area contributed by atoms with Gasteiger partial charge in [0.15, 0.2) is 0 Å². The van der Waals surface area contributed by atoms with Crippen molar-refractivity contribution in [3.8, 4) is 0 Å². The number of nitrogens with one attached hydrogen (secondary N) is 1. The second kappa shape index (κ2) is 3.50. The molecule has 1 aromatic rings. The highest BCUT2D eigenvalue weighted by atomic mass is 15.0. The first kappa shape index (κ1) is 8.75. The predicted octanol–water partition coefficient (Wildman–Crippen LogP) is 1.42. The summed E-state index contributed by atoms with van der Waals surface area (Å²) in [5.74, 6) is 0. The van der Waals surface area contributed by atoms with E-state index in [0.29, 0.717) is 5.54 Å². The van der Waals surface area contributed by atoms with Crippen LogP contribution in [0.2, 0.25) is 0 Å². The maximum absolute atomic E-state index is 4.00. The summed E-state index contributed by atoms with van der Waals surface area (Å²) in [6, 6.07) is 0. The zero-order valence-electron chi connectivity index (χ0n) is 8.16. The number of imidazole rings is 1. The van der Waals surface area contributed by atoms with Gasteiger partial charge in [0.2, 0.25) is 0 Å². The van der Waals surface area contributed by atoms with Crippen molar-refractivity contribution >= 4 is 0 Å². The Morgan fingerprint density at radius 3 is 3.00 bits per heavy atom. The Morgan fingerprint density at radius 2 is 2.38 bits per heavy atom. The molecular weight excluding hydrogens is 162 g/mol. The van der Waals surface area contributed by atoms with Crippen molar-refractivity contribution in [2.45, 2.75) is 38.3 Å². The van der Waals surface area contributed by atoms with Gasteiger partial charge in [-0.2, -0.15) is 0 Å². The molecule has 1 saturated carbocycles. The van der Waals surface area contributed by atoms with Crippen LogP contribution in [-0.2, 0) is 6.54 Å². The minimum atomic E-state index is 0.481. The van der Waals surface area contributed by atoms with Gasteiger partial charge in [-0.3, -0.25) is 0 Å². The van der Waals surface area contributed by atoms with E-state index in [1.54, 1.807) is 0 Å². The number of aromatic nitrogens is 2. The van der Waals surface area contributed by atoms with Crippen LogP contribution in [0.5, 0.6) is 0 Å². The zero-order chi connectivity index (χ0) is 9.15. The molecule has 0 radical (unpaired) electrons. The van der Waals surface area contributed by atoms with Crippen LogP contribution in [0.25, 0.3) is 0 Å². The smallest absolute Gasteiger partial charge is 0.0945 e. The van der Waals surface area contributed by atoms with Crippen molar-refractivity contribution in [2.24, 2.45) is 0 Å². The third kappa shape index (κ3) is 2.56. The zero-order valence-corrected chi connectivity index (χ0v) is 8.16. The second-order valence-electron chi connectivity index (χ2n) is 4.14. The number of hydrogen-bond acceptors (Lipinski definition) is 2. The molecule has 1 aromatic heterocycles. The van der Waals surface area contributed by atoms with Gasteiger partial charge in [-0.05, 0) is 32.7 Å². The van der Waals surface area contributed by atoms with Crippen molar-refractivity contribution in [1.29, 1.82) is 0 Å². The summed E-state index contributed by atoms with van der Waals surface area (Å²) in [6.07, 6.45) is 9.59. The lowest BCUT2D eigenvalue weighted by Crippen LogP contribution is -2.29. The SMILES string of the molecule is CC1(NCCCn2ccnc2)CC1. The molecule has 3 nitrogen and oxygen atoms in total. The normalized spacial score (nSPS) is 18.8. The molecule has 1 aliphatic carbocycles. The van der Waals surface area contributed by atoms with E-state index in [9.17, 15) is 0 Å². The van der Waals surface area contributed by atoms with Gasteiger partial charge in [0.1, 0.15) is 0 Å². The Morgan fingerprint density at radius 1 is 1.54 bits per heavy atom. The van der Waals surface area contributed by atoms with Gasteiger partial charge in [-0.15, -0.1) is 0 Å². The molecule has 1 N–H and O–H groups in total. The first-order chi connectivity index (χ1) is 6.29. The predicted molar refractivity (Wildman–Crippen MR) is 52.5 cm³/mol. The molecular formula is C10H17N3. The lowest BCUT2D eigenvalue weighted by molar-refractivity contribution is 0.502. The van der Waals surface area contributed by atoms with Crippen molar-refractivity contribution in [3.05, 3.63) is 18.7 Å². The molecule has 0 amide bonds. The monoisotopic (exact) mass is 179 g/mol. The first-order valence-corrected chi connectivity index (χ1v) is 4.99. The molecule has 13 heavy (non-hydrogen) atoms. The molecule has 0 aliphatic heterocycles. The Labute approximate surface area is 79.2 Å². The largest absolute Gasteiger partial charge is 0.337 e. The minimum Gasteiger partial charge on any atom is -0.337 e. The van der Waals surface area contributed by atoms with Crippen molar-refractivity contribution in [2.75, 3.05) is 6.54 Å². The van der Waals surface area contributed by atoms with E-state index >= 15 is 0 Å². The van der Waals surface area contributed by atoms with E-state index in [0.717, 1.165) is 13.1 Å². The molecule has 2 rings (SSSR count). The molecule has 1 aliphatic rings. The fourth-order valence-electron chi connectivity index (χ4n) is 1.44. The van der Waals surface area contributed by atoms with E-state index < -0.39 is 0 Å². The fraction of sp³-hybridized carbons (Fsp3) is 0.700. The summed E-state index contributed by atoms with van der Waals surface area (Å²) < 4.78 is 2.12. The summed E-state index contributed by atoms with van der Waals surface area (Å²) in [6.45, 7) is 4.49. The number of hydrogen-bond donors (Lipinski definition) is 1. The van der Waals surface area contributed by atoms with Gasteiger partial charge in [-0.1, -0.05) is 0 Å².